The van der Waals surface area contributed by atoms with Gasteiger partial charge >= 0.3 is 12.1 Å². The van der Waals surface area contributed by atoms with Gasteiger partial charge in [-0.05, 0) is 34.6 Å². The molecule has 5 nitrogen and oxygen atoms in total. The molecule has 1 amide bonds. The first-order valence-electron chi connectivity index (χ1n) is 8.93. The third kappa shape index (κ3) is 2.09. The molecule has 26 heavy (non-hydrogen) atoms. The lowest BCUT2D eigenvalue weighted by Gasteiger charge is -2.21. The second kappa shape index (κ2) is 5.34. The number of hydrogen-bond acceptors (Lipinski definition) is 3. The molecule has 1 heterocycles. The van der Waals surface area contributed by atoms with Gasteiger partial charge in [-0.3, -0.25) is 4.79 Å². The smallest absolute Gasteiger partial charge is 0.409 e. The van der Waals surface area contributed by atoms with Crippen molar-refractivity contribution < 1.29 is 19.4 Å². The van der Waals surface area contributed by atoms with E-state index in [0.29, 0.717) is 13.0 Å². The number of likely N-dealkylation sites (tertiary alicyclic amines) is 1. The van der Waals surface area contributed by atoms with E-state index in [4.69, 9.17) is 4.74 Å². The van der Waals surface area contributed by atoms with Gasteiger partial charge in [0.1, 0.15) is 6.61 Å². The molecule has 2 fully saturated rings. The molecular weight excluding hydrogens is 330 g/mol. The van der Waals surface area contributed by atoms with Crippen LogP contribution in [-0.4, -0.2) is 41.8 Å². The number of hydrogen-bond donors (Lipinski definition) is 1. The van der Waals surface area contributed by atoms with Crippen LogP contribution in [0.4, 0.5) is 4.79 Å². The van der Waals surface area contributed by atoms with Crippen LogP contribution in [-0.2, 0) is 9.53 Å². The van der Waals surface area contributed by atoms with E-state index in [0.717, 1.165) is 0 Å². The Labute approximate surface area is 151 Å². The molecule has 2 atom stereocenters. The molecule has 0 bridgehead atoms. The molecule has 2 aromatic rings. The zero-order valence-corrected chi connectivity index (χ0v) is 14.2. The Bertz CT molecular complexity index is 878. The third-order valence-electron chi connectivity index (χ3n) is 6.17. The van der Waals surface area contributed by atoms with Crippen molar-refractivity contribution >= 4 is 12.1 Å². The Morgan fingerprint density at radius 2 is 1.69 bits per heavy atom. The maximum Gasteiger partial charge on any atom is 0.409 e. The number of carboxylic acid groups (broad SMARTS) is 1. The summed E-state index contributed by atoms with van der Waals surface area (Å²) in [6.07, 6.45) is 0.273. The molecule has 0 unspecified atom stereocenters. The summed E-state index contributed by atoms with van der Waals surface area (Å²) in [5, 5.41) is 9.36. The number of carbonyl (C=O) groups excluding carboxylic acids is 1. The molecule has 3 aliphatic rings. The monoisotopic (exact) mass is 349 g/mol. The van der Waals surface area contributed by atoms with E-state index < -0.39 is 17.5 Å². The van der Waals surface area contributed by atoms with Crippen LogP contribution < -0.4 is 0 Å². The number of fused-ring (bicyclic) bond motifs is 4. The van der Waals surface area contributed by atoms with Gasteiger partial charge in [0.05, 0.1) is 5.41 Å². The highest BCUT2D eigenvalue weighted by atomic mass is 16.6. The fourth-order valence-corrected chi connectivity index (χ4v) is 4.64. The molecule has 0 spiro atoms. The molecule has 0 aromatic heterocycles. The molecule has 1 aliphatic heterocycles. The van der Waals surface area contributed by atoms with Gasteiger partial charge in [-0.25, -0.2) is 4.79 Å². The van der Waals surface area contributed by atoms with Crippen LogP contribution in [0.3, 0.4) is 0 Å². The number of ether oxygens (including phenoxy) is 1. The summed E-state index contributed by atoms with van der Waals surface area (Å²) >= 11 is 0. The maximum absolute atomic E-state index is 12.5. The topological polar surface area (TPSA) is 66.8 Å². The average molecular weight is 349 g/mol. The maximum atomic E-state index is 12.5. The van der Waals surface area contributed by atoms with Crippen LogP contribution in [0.1, 0.15) is 23.5 Å². The Balaban J connectivity index is 1.32. The van der Waals surface area contributed by atoms with E-state index >= 15 is 0 Å². The van der Waals surface area contributed by atoms with Gasteiger partial charge in [0.2, 0.25) is 0 Å². The lowest BCUT2D eigenvalue weighted by Crippen LogP contribution is -2.35. The SMILES string of the molecule is O=C(OCC1c2ccccc2-c2ccccc21)N1C[C@H]2C[C@@]2(C(=O)O)C1. The predicted molar refractivity (Wildman–Crippen MR) is 94.8 cm³/mol. The fraction of sp³-hybridized carbons (Fsp3) is 0.333. The second-order valence-corrected chi connectivity index (χ2v) is 7.55. The molecule has 1 saturated carbocycles. The molecule has 2 aliphatic carbocycles. The molecule has 5 heteroatoms. The molecule has 0 radical (unpaired) electrons. The van der Waals surface area contributed by atoms with Gasteiger partial charge in [0.25, 0.3) is 0 Å². The number of benzene rings is 2. The molecule has 1 N–H and O–H groups in total. The fourth-order valence-electron chi connectivity index (χ4n) is 4.64. The first-order chi connectivity index (χ1) is 12.6. The van der Waals surface area contributed by atoms with Crippen LogP contribution >= 0.6 is 0 Å². The van der Waals surface area contributed by atoms with Crippen molar-refractivity contribution in [1.82, 2.24) is 4.90 Å². The summed E-state index contributed by atoms with van der Waals surface area (Å²) in [6.45, 7) is 1.03. The zero-order valence-electron chi connectivity index (χ0n) is 14.2. The number of rotatable bonds is 3. The lowest BCUT2D eigenvalue weighted by atomic mass is 9.98. The van der Waals surface area contributed by atoms with E-state index in [2.05, 4.69) is 24.3 Å². The summed E-state index contributed by atoms with van der Waals surface area (Å²) < 4.78 is 5.61. The molecule has 2 aromatic carbocycles. The van der Waals surface area contributed by atoms with Crippen LogP contribution in [0.5, 0.6) is 0 Å². The number of aliphatic carboxylic acids is 1. The molecular formula is C21H19NO4. The van der Waals surface area contributed by atoms with Crippen molar-refractivity contribution in [3.63, 3.8) is 0 Å². The lowest BCUT2D eigenvalue weighted by molar-refractivity contribution is -0.143. The van der Waals surface area contributed by atoms with Gasteiger partial charge in [-0.15, -0.1) is 0 Å². The van der Waals surface area contributed by atoms with Gasteiger partial charge in [-0.1, -0.05) is 48.5 Å². The third-order valence-corrected chi connectivity index (χ3v) is 6.17. The minimum absolute atomic E-state index is 0.0249. The number of piperidine rings is 1. The molecule has 5 rings (SSSR count). The average Bonchev–Trinajstić information content (AvgIpc) is 3.09. The first kappa shape index (κ1) is 15.4. The van der Waals surface area contributed by atoms with Crippen molar-refractivity contribution in [3.8, 4) is 11.1 Å². The van der Waals surface area contributed by atoms with Crippen LogP contribution in [0.2, 0.25) is 0 Å². The summed E-state index contributed by atoms with van der Waals surface area (Å²) in [5.74, 6) is -0.686. The van der Waals surface area contributed by atoms with E-state index in [1.54, 1.807) is 4.90 Å². The summed E-state index contributed by atoms with van der Waals surface area (Å²) in [6, 6.07) is 16.4. The summed E-state index contributed by atoms with van der Waals surface area (Å²) in [7, 11) is 0. The van der Waals surface area contributed by atoms with Gasteiger partial charge in [0.15, 0.2) is 0 Å². The van der Waals surface area contributed by atoms with E-state index in [-0.39, 0.29) is 25.0 Å². The predicted octanol–water partition coefficient (Wildman–Crippen LogP) is 3.34. The Morgan fingerprint density at radius 3 is 2.27 bits per heavy atom. The number of nitrogens with zero attached hydrogens (tertiary/aromatic N) is 1. The highest BCUT2D eigenvalue weighted by Gasteiger charge is 2.66. The molecule has 1 saturated heterocycles. The van der Waals surface area contributed by atoms with Crippen molar-refractivity contribution in [1.29, 1.82) is 0 Å². The minimum Gasteiger partial charge on any atom is -0.481 e. The van der Waals surface area contributed by atoms with E-state index in [1.165, 1.54) is 22.3 Å². The van der Waals surface area contributed by atoms with Crippen molar-refractivity contribution in [3.05, 3.63) is 59.7 Å². The quantitative estimate of drug-likeness (QED) is 0.923. The summed E-state index contributed by atoms with van der Waals surface area (Å²) in [5.41, 5.74) is 4.01. The van der Waals surface area contributed by atoms with Crippen LogP contribution in [0.25, 0.3) is 11.1 Å². The number of carboxylic acids is 1. The highest BCUT2D eigenvalue weighted by molar-refractivity contribution is 5.82. The van der Waals surface area contributed by atoms with Gasteiger partial charge in [0, 0.05) is 19.0 Å². The minimum atomic E-state index is -0.795. The van der Waals surface area contributed by atoms with E-state index in [9.17, 15) is 14.7 Å². The summed E-state index contributed by atoms with van der Waals surface area (Å²) in [4.78, 5) is 25.4. The number of carbonyl (C=O) groups is 2. The van der Waals surface area contributed by atoms with E-state index in [1.807, 2.05) is 24.3 Å². The normalized spacial score (nSPS) is 25.4. The zero-order chi connectivity index (χ0) is 17.9. The van der Waals surface area contributed by atoms with Crippen molar-refractivity contribution in [2.24, 2.45) is 11.3 Å². The van der Waals surface area contributed by atoms with Gasteiger partial charge in [-0.2, -0.15) is 0 Å². The second-order valence-electron chi connectivity index (χ2n) is 7.55. The Morgan fingerprint density at radius 1 is 1.08 bits per heavy atom. The first-order valence-corrected chi connectivity index (χ1v) is 8.93. The van der Waals surface area contributed by atoms with Crippen molar-refractivity contribution in [2.75, 3.05) is 19.7 Å². The largest absolute Gasteiger partial charge is 0.481 e. The number of amides is 1. The van der Waals surface area contributed by atoms with Crippen molar-refractivity contribution in [2.45, 2.75) is 12.3 Å². The van der Waals surface area contributed by atoms with Crippen LogP contribution in [0, 0.1) is 11.3 Å². The van der Waals surface area contributed by atoms with Crippen LogP contribution in [0.15, 0.2) is 48.5 Å². The Kier molecular flexibility index (Phi) is 3.17. The molecule has 132 valence electrons. The van der Waals surface area contributed by atoms with Gasteiger partial charge < -0.3 is 14.7 Å². The highest BCUT2D eigenvalue weighted by Crippen LogP contribution is 2.58. The standard InChI is InChI=1S/C21H19NO4/c23-19(24)21-9-13(21)10-22(12-21)20(25)26-11-18-16-7-3-1-5-14(16)15-6-2-4-8-17(15)18/h1-8,13,18H,9-12H2,(H,23,24)/t13-,21-/m1/s1. The Hall–Kier alpha value is -2.82.